The van der Waals surface area contributed by atoms with Crippen LogP contribution in [-0.2, 0) is 4.79 Å². The Bertz CT molecular complexity index is 532. The lowest BCUT2D eigenvalue weighted by Crippen LogP contribution is -2.36. The van der Waals surface area contributed by atoms with Gasteiger partial charge in [-0.25, -0.2) is 0 Å². The van der Waals surface area contributed by atoms with Gasteiger partial charge >= 0.3 is 0 Å². The topological polar surface area (TPSA) is 93.4 Å². The molecule has 0 aliphatic rings. The molecule has 0 heterocycles. The minimum Gasteiger partial charge on any atom is -0.496 e. The monoisotopic (exact) mass is 313 g/mol. The van der Waals surface area contributed by atoms with Gasteiger partial charge in [-0.2, -0.15) is 0 Å². The number of benzene rings is 1. The van der Waals surface area contributed by atoms with Crippen molar-refractivity contribution >= 4 is 29.1 Å². The molecule has 0 unspecified atom stereocenters. The van der Waals surface area contributed by atoms with E-state index in [2.05, 4.69) is 10.6 Å². The molecule has 0 aliphatic carbocycles. The predicted molar refractivity (Wildman–Crippen MR) is 82.6 cm³/mol. The highest BCUT2D eigenvalue weighted by molar-refractivity contribution is 6.33. The number of nitrogen functional groups attached to an aromatic ring is 1. The second-order valence-corrected chi connectivity index (χ2v) is 5.18. The average molecular weight is 314 g/mol. The third kappa shape index (κ3) is 4.82. The summed E-state index contributed by atoms with van der Waals surface area (Å²) in [5, 5.41) is 5.67. The molecule has 2 amide bonds. The first-order valence-electron chi connectivity index (χ1n) is 6.55. The van der Waals surface area contributed by atoms with Crippen LogP contribution in [0.4, 0.5) is 5.69 Å². The van der Waals surface area contributed by atoms with Crippen LogP contribution in [0.1, 0.15) is 24.2 Å². The molecule has 21 heavy (non-hydrogen) atoms. The van der Waals surface area contributed by atoms with Crippen LogP contribution in [0.25, 0.3) is 0 Å². The summed E-state index contributed by atoms with van der Waals surface area (Å²) in [6.45, 7) is 4.26. The summed E-state index contributed by atoms with van der Waals surface area (Å²) in [5.41, 5.74) is 6.30. The van der Waals surface area contributed by atoms with Crippen LogP contribution in [-0.4, -0.2) is 32.0 Å². The van der Waals surface area contributed by atoms with Crippen molar-refractivity contribution in [2.75, 3.05) is 25.9 Å². The number of amides is 2. The van der Waals surface area contributed by atoms with Crippen LogP contribution < -0.4 is 21.1 Å². The van der Waals surface area contributed by atoms with Crippen molar-refractivity contribution in [1.82, 2.24) is 10.6 Å². The van der Waals surface area contributed by atoms with Gasteiger partial charge in [-0.05, 0) is 6.07 Å². The maximum absolute atomic E-state index is 12.1. The number of halogens is 1. The summed E-state index contributed by atoms with van der Waals surface area (Å²) >= 11 is 5.91. The van der Waals surface area contributed by atoms with Gasteiger partial charge in [0.25, 0.3) is 5.91 Å². The first-order chi connectivity index (χ1) is 9.86. The van der Waals surface area contributed by atoms with Gasteiger partial charge < -0.3 is 21.1 Å². The summed E-state index contributed by atoms with van der Waals surface area (Å²) in [6, 6.07) is 2.95. The molecule has 0 radical (unpaired) electrons. The van der Waals surface area contributed by atoms with Crippen LogP contribution in [0.15, 0.2) is 12.1 Å². The standard InChI is InChI=1S/C14H20ClN3O3/c1-8(2)13(19)17-4-5-18-14(20)9-6-10(15)11(16)7-12(9)21-3/h6-8H,4-5,16H2,1-3H3,(H,17,19)(H,18,20). The number of carbonyl (C=O) groups excluding carboxylic acids is 2. The Balaban J connectivity index is 2.60. The van der Waals surface area contributed by atoms with Gasteiger partial charge in [0, 0.05) is 25.1 Å². The molecule has 0 fully saturated rings. The predicted octanol–water partition coefficient (Wildman–Crippen LogP) is 1.43. The van der Waals surface area contributed by atoms with E-state index in [-0.39, 0.29) is 22.8 Å². The summed E-state index contributed by atoms with van der Waals surface area (Å²) in [4.78, 5) is 23.4. The van der Waals surface area contributed by atoms with Gasteiger partial charge in [0.1, 0.15) is 5.75 Å². The zero-order valence-corrected chi connectivity index (χ0v) is 13.1. The van der Waals surface area contributed by atoms with Crippen molar-refractivity contribution < 1.29 is 14.3 Å². The second-order valence-electron chi connectivity index (χ2n) is 4.78. The van der Waals surface area contributed by atoms with E-state index in [1.165, 1.54) is 19.2 Å². The molecule has 6 nitrogen and oxygen atoms in total. The molecule has 0 aromatic heterocycles. The van der Waals surface area contributed by atoms with Crippen molar-refractivity contribution in [3.8, 4) is 5.75 Å². The van der Waals surface area contributed by atoms with E-state index < -0.39 is 0 Å². The zero-order chi connectivity index (χ0) is 16.0. The maximum Gasteiger partial charge on any atom is 0.255 e. The first kappa shape index (κ1) is 17.1. The van der Waals surface area contributed by atoms with Gasteiger partial charge in [-0.1, -0.05) is 25.4 Å². The molecule has 7 heteroatoms. The molecule has 0 aliphatic heterocycles. The molecular formula is C14H20ClN3O3. The molecule has 116 valence electrons. The van der Waals surface area contributed by atoms with Crippen LogP contribution in [0.5, 0.6) is 5.75 Å². The van der Waals surface area contributed by atoms with E-state index in [4.69, 9.17) is 22.1 Å². The van der Waals surface area contributed by atoms with E-state index >= 15 is 0 Å². The number of hydrogen-bond donors (Lipinski definition) is 3. The van der Waals surface area contributed by atoms with Crippen molar-refractivity contribution in [1.29, 1.82) is 0 Å². The van der Waals surface area contributed by atoms with Crippen molar-refractivity contribution in [2.24, 2.45) is 5.92 Å². The SMILES string of the molecule is COc1cc(N)c(Cl)cc1C(=O)NCCNC(=O)C(C)C. The largest absolute Gasteiger partial charge is 0.496 e. The number of ether oxygens (including phenoxy) is 1. The number of nitrogens with one attached hydrogen (secondary N) is 2. The number of anilines is 1. The second kappa shape index (κ2) is 7.73. The van der Waals surface area contributed by atoms with E-state index in [0.29, 0.717) is 30.1 Å². The molecule has 4 N–H and O–H groups in total. The summed E-state index contributed by atoms with van der Waals surface area (Å²) < 4.78 is 5.11. The molecule has 0 atom stereocenters. The highest BCUT2D eigenvalue weighted by atomic mass is 35.5. The van der Waals surface area contributed by atoms with E-state index in [1.807, 2.05) is 0 Å². The smallest absolute Gasteiger partial charge is 0.255 e. The summed E-state index contributed by atoms with van der Waals surface area (Å²) in [6.07, 6.45) is 0. The fourth-order valence-electron chi connectivity index (χ4n) is 1.58. The highest BCUT2D eigenvalue weighted by Crippen LogP contribution is 2.28. The lowest BCUT2D eigenvalue weighted by Gasteiger charge is -2.12. The molecule has 0 saturated heterocycles. The van der Waals surface area contributed by atoms with Crippen molar-refractivity contribution in [3.05, 3.63) is 22.7 Å². The van der Waals surface area contributed by atoms with E-state index in [1.54, 1.807) is 13.8 Å². The van der Waals surface area contributed by atoms with Gasteiger partial charge in [0.15, 0.2) is 0 Å². The molecule has 1 rings (SSSR count). The third-order valence-corrected chi connectivity index (χ3v) is 3.12. The highest BCUT2D eigenvalue weighted by Gasteiger charge is 2.14. The summed E-state index contributed by atoms with van der Waals surface area (Å²) in [5.74, 6) is -0.137. The minimum absolute atomic E-state index is 0.0580. The minimum atomic E-state index is -0.340. The fraction of sp³-hybridized carbons (Fsp3) is 0.429. The van der Waals surface area contributed by atoms with Crippen LogP contribution >= 0.6 is 11.6 Å². The van der Waals surface area contributed by atoms with Gasteiger partial charge in [-0.15, -0.1) is 0 Å². The quantitative estimate of drug-likeness (QED) is 0.547. The Kier molecular flexibility index (Phi) is 6.30. The number of nitrogens with two attached hydrogens (primary N) is 1. The Morgan fingerprint density at radius 2 is 1.90 bits per heavy atom. The van der Waals surface area contributed by atoms with Crippen LogP contribution in [0.2, 0.25) is 5.02 Å². The molecule has 1 aromatic rings. The summed E-state index contributed by atoms with van der Waals surface area (Å²) in [7, 11) is 1.45. The average Bonchev–Trinajstić information content (AvgIpc) is 2.45. The number of hydrogen-bond acceptors (Lipinski definition) is 4. The molecule has 1 aromatic carbocycles. The number of carbonyl (C=O) groups is 2. The third-order valence-electron chi connectivity index (χ3n) is 2.80. The van der Waals surface area contributed by atoms with Gasteiger partial charge in [-0.3, -0.25) is 9.59 Å². The van der Waals surface area contributed by atoms with E-state index in [0.717, 1.165) is 0 Å². The Labute approximate surface area is 129 Å². The van der Waals surface area contributed by atoms with Crippen molar-refractivity contribution in [2.45, 2.75) is 13.8 Å². The Hall–Kier alpha value is -1.95. The first-order valence-corrected chi connectivity index (χ1v) is 6.93. The van der Waals surface area contributed by atoms with Crippen molar-refractivity contribution in [3.63, 3.8) is 0 Å². The molecule has 0 saturated carbocycles. The van der Waals surface area contributed by atoms with Gasteiger partial charge in [0.2, 0.25) is 5.91 Å². The van der Waals surface area contributed by atoms with Gasteiger partial charge in [0.05, 0.1) is 23.4 Å². The normalized spacial score (nSPS) is 10.3. The maximum atomic E-state index is 12.1. The molecular weight excluding hydrogens is 294 g/mol. The number of methoxy groups -OCH3 is 1. The van der Waals surface area contributed by atoms with Crippen LogP contribution in [0, 0.1) is 5.92 Å². The molecule has 0 spiro atoms. The number of rotatable bonds is 6. The Morgan fingerprint density at radius 3 is 2.48 bits per heavy atom. The lowest BCUT2D eigenvalue weighted by molar-refractivity contribution is -0.123. The zero-order valence-electron chi connectivity index (χ0n) is 12.3. The van der Waals surface area contributed by atoms with E-state index in [9.17, 15) is 9.59 Å². The lowest BCUT2D eigenvalue weighted by atomic mass is 10.1. The Morgan fingerprint density at radius 1 is 1.29 bits per heavy atom. The molecule has 0 bridgehead atoms. The fourth-order valence-corrected chi connectivity index (χ4v) is 1.74. The van der Waals surface area contributed by atoms with Crippen LogP contribution in [0.3, 0.4) is 0 Å².